The third-order valence-electron chi connectivity index (χ3n) is 5.19. The van der Waals surface area contributed by atoms with Crippen LogP contribution >= 0.6 is 0 Å². The van der Waals surface area contributed by atoms with E-state index in [1.165, 1.54) is 13.2 Å². The Hall–Kier alpha value is -2.89. The number of nitrogens with zero attached hydrogens (tertiary/aromatic N) is 1. The van der Waals surface area contributed by atoms with Gasteiger partial charge in [-0.3, -0.25) is 4.79 Å². The van der Waals surface area contributed by atoms with Crippen molar-refractivity contribution < 1.29 is 19.7 Å². The Morgan fingerprint density at radius 2 is 2.10 bits per heavy atom. The maximum atomic E-state index is 13.0. The normalized spacial score (nSPS) is 14.8. The molecule has 0 amide bonds. The van der Waals surface area contributed by atoms with E-state index in [0.29, 0.717) is 11.1 Å². The molecule has 0 atom stereocenters. The van der Waals surface area contributed by atoms with Gasteiger partial charge in [0.15, 0.2) is 5.78 Å². The smallest absolute Gasteiger partial charge is 0.193 e. The fraction of sp³-hybridized carbons (Fsp3) is 0.292. The highest BCUT2D eigenvalue weighted by atomic mass is 16.5. The molecule has 0 spiro atoms. The molecule has 5 nitrogen and oxygen atoms in total. The van der Waals surface area contributed by atoms with E-state index in [2.05, 4.69) is 4.90 Å². The number of aromatic hydroxyl groups is 1. The topological polar surface area (TPSA) is 70.0 Å². The van der Waals surface area contributed by atoms with Gasteiger partial charge in [0, 0.05) is 18.7 Å². The highest BCUT2D eigenvalue weighted by Crippen LogP contribution is 2.40. The van der Waals surface area contributed by atoms with Crippen LogP contribution in [0.1, 0.15) is 39.0 Å². The van der Waals surface area contributed by atoms with Crippen molar-refractivity contribution in [3.63, 3.8) is 0 Å². The zero-order valence-corrected chi connectivity index (χ0v) is 17.1. The number of hydrogen-bond acceptors (Lipinski definition) is 5. The lowest BCUT2D eigenvalue weighted by Gasteiger charge is -2.25. The molecule has 0 saturated heterocycles. The van der Waals surface area contributed by atoms with Gasteiger partial charge in [0.1, 0.15) is 17.1 Å². The molecule has 0 fully saturated rings. The van der Waals surface area contributed by atoms with Gasteiger partial charge < -0.3 is 19.8 Å². The molecule has 0 unspecified atom stereocenters. The number of likely N-dealkylation sites (N-methyl/N-ethyl adjacent to an activating group) is 1. The predicted molar refractivity (Wildman–Crippen MR) is 115 cm³/mol. The molecule has 2 N–H and O–H groups in total. The summed E-state index contributed by atoms with van der Waals surface area (Å²) in [6.07, 6.45) is 5.93. The number of aryl methyl sites for hydroxylation is 1. The molecule has 1 heterocycles. The van der Waals surface area contributed by atoms with Crippen LogP contribution in [0.15, 0.2) is 42.5 Å². The Balaban J connectivity index is 2.05. The number of benzene rings is 2. The molecule has 0 radical (unpaired) electrons. The van der Waals surface area contributed by atoms with E-state index in [4.69, 9.17) is 4.74 Å². The summed E-state index contributed by atoms with van der Waals surface area (Å²) < 4.78 is 5.37. The fourth-order valence-electron chi connectivity index (χ4n) is 3.61. The second-order valence-electron chi connectivity index (χ2n) is 7.35. The van der Waals surface area contributed by atoms with Gasteiger partial charge in [-0.25, -0.2) is 0 Å². The summed E-state index contributed by atoms with van der Waals surface area (Å²) in [7, 11) is 3.48. The van der Waals surface area contributed by atoms with E-state index in [-0.39, 0.29) is 29.5 Å². The van der Waals surface area contributed by atoms with E-state index in [0.717, 1.165) is 36.2 Å². The van der Waals surface area contributed by atoms with E-state index < -0.39 is 0 Å². The molecule has 0 aromatic heterocycles. The third-order valence-corrected chi connectivity index (χ3v) is 5.19. The van der Waals surface area contributed by atoms with Crippen LogP contribution in [0.25, 0.3) is 11.6 Å². The van der Waals surface area contributed by atoms with Crippen LogP contribution in [0.4, 0.5) is 0 Å². The van der Waals surface area contributed by atoms with E-state index in [1.54, 1.807) is 12.1 Å². The minimum Gasteiger partial charge on any atom is -0.506 e. The van der Waals surface area contributed by atoms with Gasteiger partial charge in [-0.2, -0.15) is 0 Å². The number of methoxy groups -OCH3 is 1. The molecule has 1 aliphatic rings. The maximum absolute atomic E-state index is 13.0. The molecule has 0 bridgehead atoms. The molecular formula is C24H27NO4. The Kier molecular flexibility index (Phi) is 6.52. The van der Waals surface area contributed by atoms with Crippen molar-refractivity contribution in [3.8, 4) is 11.5 Å². The number of aliphatic hydroxyl groups excluding tert-OH is 1. The summed E-state index contributed by atoms with van der Waals surface area (Å²) in [5, 5.41) is 20.9. The number of carbonyl (C=O) groups excluding carboxylic acids is 1. The summed E-state index contributed by atoms with van der Waals surface area (Å²) in [5.74, 6) is -0.231. The Labute approximate surface area is 171 Å². The summed E-state index contributed by atoms with van der Waals surface area (Å²) >= 11 is 0. The van der Waals surface area contributed by atoms with Crippen molar-refractivity contribution in [1.29, 1.82) is 0 Å². The summed E-state index contributed by atoms with van der Waals surface area (Å²) in [6, 6.07) is 9.45. The number of hydrogen-bond donors (Lipinski definition) is 2. The van der Waals surface area contributed by atoms with Crippen LogP contribution in [0, 0.1) is 6.92 Å². The summed E-state index contributed by atoms with van der Waals surface area (Å²) in [4.78, 5) is 15.1. The standard InChI is InChI=1S/C24H27NO4/c1-16-5-4-6-17(13-16)7-8-20(27)23-21(29-3)14-19(15-26)22(24(23)28)18-9-11-25(2)12-10-18/h4-9,13-14,26,28H,10-12,15H2,1-3H3. The lowest BCUT2D eigenvalue weighted by atomic mass is 9.90. The number of allylic oxidation sites excluding steroid dienone is 1. The van der Waals surface area contributed by atoms with Gasteiger partial charge in [-0.15, -0.1) is 0 Å². The lowest BCUT2D eigenvalue weighted by molar-refractivity contribution is 0.104. The van der Waals surface area contributed by atoms with Crippen molar-refractivity contribution in [2.45, 2.75) is 20.0 Å². The first-order chi connectivity index (χ1) is 13.9. The maximum Gasteiger partial charge on any atom is 0.193 e. The minimum absolute atomic E-state index is 0.114. The second-order valence-corrected chi connectivity index (χ2v) is 7.35. The molecule has 5 heteroatoms. The third kappa shape index (κ3) is 4.58. The molecule has 1 aliphatic heterocycles. The first-order valence-corrected chi connectivity index (χ1v) is 9.65. The summed E-state index contributed by atoms with van der Waals surface area (Å²) in [5.41, 5.74) is 4.14. The van der Waals surface area contributed by atoms with Gasteiger partial charge in [-0.05, 0) is 49.2 Å². The molecule has 0 saturated carbocycles. The van der Waals surface area contributed by atoms with Crippen molar-refractivity contribution in [1.82, 2.24) is 4.90 Å². The first kappa shape index (κ1) is 20.8. The average Bonchev–Trinajstić information content (AvgIpc) is 2.72. The van der Waals surface area contributed by atoms with Crippen molar-refractivity contribution in [2.75, 3.05) is 27.2 Å². The zero-order chi connectivity index (χ0) is 21.0. The fourth-order valence-corrected chi connectivity index (χ4v) is 3.61. The molecule has 29 heavy (non-hydrogen) atoms. The van der Waals surface area contributed by atoms with Crippen LogP contribution < -0.4 is 4.74 Å². The summed E-state index contributed by atoms with van der Waals surface area (Å²) in [6.45, 7) is 3.34. The van der Waals surface area contributed by atoms with Crippen molar-refractivity contribution in [3.05, 3.63) is 70.3 Å². The molecular weight excluding hydrogens is 366 g/mol. The second kappa shape index (κ2) is 9.07. The number of rotatable bonds is 6. The van der Waals surface area contributed by atoms with Gasteiger partial charge >= 0.3 is 0 Å². The lowest BCUT2D eigenvalue weighted by Crippen LogP contribution is -2.24. The highest BCUT2D eigenvalue weighted by molar-refractivity contribution is 6.11. The van der Waals surface area contributed by atoms with Crippen LogP contribution in [0.3, 0.4) is 0 Å². The van der Waals surface area contributed by atoms with Crippen LogP contribution in [-0.4, -0.2) is 48.1 Å². The molecule has 3 rings (SSSR count). The molecule has 2 aromatic carbocycles. The number of aliphatic hydroxyl groups is 1. The van der Waals surface area contributed by atoms with Crippen LogP contribution in [0.5, 0.6) is 11.5 Å². The molecule has 0 aliphatic carbocycles. The monoisotopic (exact) mass is 393 g/mol. The zero-order valence-electron chi connectivity index (χ0n) is 17.1. The van der Waals surface area contributed by atoms with Gasteiger partial charge in [0.05, 0.1) is 13.7 Å². The number of carbonyl (C=O) groups is 1. The average molecular weight is 393 g/mol. The minimum atomic E-state index is -0.347. The largest absolute Gasteiger partial charge is 0.506 e. The van der Waals surface area contributed by atoms with Gasteiger partial charge in [0.25, 0.3) is 0 Å². The number of ether oxygens (including phenoxy) is 1. The molecule has 152 valence electrons. The van der Waals surface area contributed by atoms with E-state index >= 15 is 0 Å². The number of phenols is 1. The van der Waals surface area contributed by atoms with Gasteiger partial charge in [-0.1, -0.05) is 42.0 Å². The SMILES string of the molecule is COc1cc(CO)c(C2=CCN(C)CC2)c(O)c1C(=O)C=Cc1cccc(C)c1. The number of ketones is 1. The van der Waals surface area contributed by atoms with Crippen LogP contribution in [0.2, 0.25) is 0 Å². The Morgan fingerprint density at radius 1 is 1.31 bits per heavy atom. The Bertz CT molecular complexity index is 975. The van der Waals surface area contributed by atoms with E-state index in [1.807, 2.05) is 44.3 Å². The number of phenolic OH excluding ortho intramolecular Hbond substituents is 1. The quantitative estimate of drug-likeness (QED) is 0.577. The molecule has 2 aromatic rings. The van der Waals surface area contributed by atoms with Crippen LogP contribution in [-0.2, 0) is 6.61 Å². The first-order valence-electron chi connectivity index (χ1n) is 9.65. The van der Waals surface area contributed by atoms with Crippen molar-refractivity contribution in [2.24, 2.45) is 0 Å². The van der Waals surface area contributed by atoms with E-state index in [9.17, 15) is 15.0 Å². The highest BCUT2D eigenvalue weighted by Gasteiger charge is 2.25. The van der Waals surface area contributed by atoms with Crippen molar-refractivity contribution >= 4 is 17.4 Å². The van der Waals surface area contributed by atoms with Gasteiger partial charge in [0.2, 0.25) is 0 Å². The predicted octanol–water partition coefficient (Wildman–Crippen LogP) is 3.82. The Morgan fingerprint density at radius 3 is 2.72 bits per heavy atom.